The molecule has 13 heavy (non-hydrogen) atoms. The van der Waals surface area contributed by atoms with Crippen LogP contribution in [0.25, 0.3) is 0 Å². The molecule has 0 aromatic rings. The molecule has 0 aromatic carbocycles. The molecule has 2 unspecified atom stereocenters. The zero-order chi connectivity index (χ0) is 9.84. The number of carbonyl (C=O) groups is 1. The van der Waals surface area contributed by atoms with Crippen molar-refractivity contribution in [2.45, 2.75) is 32.4 Å². The molecule has 2 atom stereocenters. The van der Waals surface area contributed by atoms with E-state index in [1.807, 2.05) is 6.92 Å². The van der Waals surface area contributed by atoms with Crippen LogP contribution in [0.1, 0.15) is 20.3 Å². The van der Waals surface area contributed by atoms with Gasteiger partial charge in [0.1, 0.15) is 0 Å². The molecule has 2 amide bonds. The minimum atomic E-state index is 0.0309. The fourth-order valence-corrected chi connectivity index (χ4v) is 1.48. The van der Waals surface area contributed by atoms with Crippen molar-refractivity contribution in [2.75, 3.05) is 20.1 Å². The molecule has 1 heterocycles. The fraction of sp³-hybridized carbons (Fsp3) is 0.889. The molecule has 1 fully saturated rings. The van der Waals surface area contributed by atoms with E-state index in [1.54, 1.807) is 11.9 Å². The van der Waals surface area contributed by atoms with Crippen LogP contribution in [0.5, 0.6) is 0 Å². The molecule has 1 aliphatic rings. The van der Waals surface area contributed by atoms with Crippen molar-refractivity contribution in [2.24, 2.45) is 0 Å². The van der Waals surface area contributed by atoms with E-state index in [9.17, 15) is 4.79 Å². The summed E-state index contributed by atoms with van der Waals surface area (Å²) in [7, 11) is 1.81. The van der Waals surface area contributed by atoms with Crippen LogP contribution in [-0.2, 0) is 0 Å². The summed E-state index contributed by atoms with van der Waals surface area (Å²) >= 11 is 0. The monoisotopic (exact) mass is 185 g/mol. The summed E-state index contributed by atoms with van der Waals surface area (Å²) in [5.74, 6) is 0. The van der Waals surface area contributed by atoms with E-state index in [0.29, 0.717) is 12.1 Å². The number of nitrogens with zero attached hydrogens (tertiary/aromatic N) is 1. The van der Waals surface area contributed by atoms with Gasteiger partial charge in [-0.05, 0) is 20.3 Å². The maximum atomic E-state index is 11.4. The average molecular weight is 185 g/mol. The van der Waals surface area contributed by atoms with E-state index >= 15 is 0 Å². The molecule has 2 N–H and O–H groups in total. The Morgan fingerprint density at radius 3 is 2.85 bits per heavy atom. The molecular formula is C9H19N3O. The van der Waals surface area contributed by atoms with Gasteiger partial charge in [-0.3, -0.25) is 0 Å². The Morgan fingerprint density at radius 1 is 1.69 bits per heavy atom. The van der Waals surface area contributed by atoms with Crippen molar-refractivity contribution < 1.29 is 4.79 Å². The van der Waals surface area contributed by atoms with Gasteiger partial charge in [0.25, 0.3) is 0 Å². The Labute approximate surface area is 79.7 Å². The summed E-state index contributed by atoms with van der Waals surface area (Å²) < 4.78 is 0. The minimum absolute atomic E-state index is 0.0309. The summed E-state index contributed by atoms with van der Waals surface area (Å²) in [4.78, 5) is 13.1. The fourth-order valence-electron chi connectivity index (χ4n) is 1.48. The van der Waals surface area contributed by atoms with Crippen molar-refractivity contribution in [3.8, 4) is 0 Å². The summed E-state index contributed by atoms with van der Waals surface area (Å²) in [5.41, 5.74) is 0. The van der Waals surface area contributed by atoms with Crippen LogP contribution in [0.15, 0.2) is 0 Å². The Balaban J connectivity index is 2.28. The molecule has 76 valence electrons. The first-order valence-corrected chi connectivity index (χ1v) is 4.88. The van der Waals surface area contributed by atoms with E-state index in [2.05, 4.69) is 17.6 Å². The first-order chi connectivity index (χ1) is 6.13. The van der Waals surface area contributed by atoms with Crippen LogP contribution >= 0.6 is 0 Å². The second kappa shape index (κ2) is 4.46. The zero-order valence-electron chi connectivity index (χ0n) is 8.63. The number of rotatable bonds is 2. The second-order valence-electron chi connectivity index (χ2n) is 3.71. The van der Waals surface area contributed by atoms with Crippen LogP contribution in [0, 0.1) is 0 Å². The highest BCUT2D eigenvalue weighted by Crippen LogP contribution is 2.05. The lowest BCUT2D eigenvalue weighted by atomic mass is 10.2. The Morgan fingerprint density at radius 2 is 2.38 bits per heavy atom. The molecule has 0 spiro atoms. The van der Waals surface area contributed by atoms with Gasteiger partial charge in [-0.25, -0.2) is 4.79 Å². The number of nitrogens with one attached hydrogen (secondary N) is 2. The summed E-state index contributed by atoms with van der Waals surface area (Å²) in [6.45, 7) is 5.75. The van der Waals surface area contributed by atoms with Crippen LogP contribution in [0.3, 0.4) is 0 Å². The lowest BCUT2D eigenvalue weighted by Gasteiger charge is -2.18. The molecule has 1 rings (SSSR count). The van der Waals surface area contributed by atoms with Crippen LogP contribution in [0.2, 0.25) is 0 Å². The molecule has 0 saturated carbocycles. The lowest BCUT2D eigenvalue weighted by Crippen LogP contribution is -2.43. The summed E-state index contributed by atoms with van der Waals surface area (Å²) in [6.07, 6.45) is 1.03. The van der Waals surface area contributed by atoms with E-state index in [1.165, 1.54) is 0 Å². The highest BCUT2D eigenvalue weighted by Gasteiger charge is 2.22. The molecule has 1 aliphatic heterocycles. The Hall–Kier alpha value is -0.770. The van der Waals surface area contributed by atoms with E-state index in [-0.39, 0.29) is 6.03 Å². The average Bonchev–Trinajstić information content (AvgIpc) is 2.49. The van der Waals surface area contributed by atoms with Gasteiger partial charge < -0.3 is 15.5 Å². The normalized spacial score (nSPS) is 27.3. The van der Waals surface area contributed by atoms with Gasteiger partial charge in [0.05, 0.1) is 0 Å². The van der Waals surface area contributed by atoms with Gasteiger partial charge in [0, 0.05) is 32.2 Å². The molecule has 0 radical (unpaired) electrons. The van der Waals surface area contributed by atoms with Gasteiger partial charge >= 0.3 is 6.03 Å². The predicted molar refractivity (Wildman–Crippen MR) is 52.7 cm³/mol. The highest BCUT2D eigenvalue weighted by atomic mass is 16.2. The molecule has 0 bridgehead atoms. The summed E-state index contributed by atoms with van der Waals surface area (Å²) in [5, 5.41) is 6.28. The molecule has 1 saturated heterocycles. The van der Waals surface area contributed by atoms with Gasteiger partial charge in [0.2, 0.25) is 0 Å². The third kappa shape index (κ3) is 2.88. The van der Waals surface area contributed by atoms with Crippen molar-refractivity contribution in [1.29, 1.82) is 0 Å². The third-order valence-corrected chi connectivity index (χ3v) is 2.50. The molecule has 0 aliphatic carbocycles. The highest BCUT2D eigenvalue weighted by molar-refractivity contribution is 5.74. The number of hydrogen-bond acceptors (Lipinski definition) is 2. The largest absolute Gasteiger partial charge is 0.334 e. The maximum absolute atomic E-state index is 11.4. The summed E-state index contributed by atoms with van der Waals surface area (Å²) in [6, 6.07) is 0.858. The topological polar surface area (TPSA) is 44.4 Å². The lowest BCUT2D eigenvalue weighted by molar-refractivity contribution is 0.207. The minimum Gasteiger partial charge on any atom is -0.334 e. The molecular weight excluding hydrogens is 166 g/mol. The van der Waals surface area contributed by atoms with Gasteiger partial charge in [-0.1, -0.05) is 0 Å². The smallest absolute Gasteiger partial charge is 0.317 e. The first-order valence-electron chi connectivity index (χ1n) is 4.88. The second-order valence-corrected chi connectivity index (χ2v) is 3.71. The predicted octanol–water partition coefficient (Wildman–Crippen LogP) is 0.398. The standard InChI is InChI=1S/C9H19N3O/c1-4-12(3)9(13)11-8-5-7(2)10-6-8/h7-8,10H,4-6H2,1-3H3,(H,11,13). The van der Waals surface area contributed by atoms with Crippen LogP contribution < -0.4 is 10.6 Å². The Bertz CT molecular complexity index is 184. The van der Waals surface area contributed by atoms with Gasteiger partial charge in [-0.15, -0.1) is 0 Å². The first kappa shape index (κ1) is 10.3. The zero-order valence-corrected chi connectivity index (χ0v) is 8.63. The number of hydrogen-bond donors (Lipinski definition) is 2. The Kier molecular flexibility index (Phi) is 3.54. The van der Waals surface area contributed by atoms with Gasteiger partial charge in [0.15, 0.2) is 0 Å². The van der Waals surface area contributed by atoms with E-state index in [0.717, 1.165) is 19.5 Å². The van der Waals surface area contributed by atoms with Gasteiger partial charge in [-0.2, -0.15) is 0 Å². The SMILES string of the molecule is CCN(C)C(=O)NC1CNC(C)C1. The molecule has 0 aromatic heterocycles. The molecule has 4 heteroatoms. The van der Waals surface area contributed by atoms with Crippen molar-refractivity contribution in [1.82, 2.24) is 15.5 Å². The van der Waals surface area contributed by atoms with Crippen molar-refractivity contribution >= 4 is 6.03 Å². The quantitative estimate of drug-likeness (QED) is 0.654. The number of urea groups is 1. The van der Waals surface area contributed by atoms with E-state index < -0.39 is 0 Å². The third-order valence-electron chi connectivity index (χ3n) is 2.50. The van der Waals surface area contributed by atoms with Crippen molar-refractivity contribution in [3.63, 3.8) is 0 Å². The van der Waals surface area contributed by atoms with Crippen molar-refractivity contribution in [3.05, 3.63) is 0 Å². The molecule has 4 nitrogen and oxygen atoms in total. The number of amides is 2. The number of carbonyl (C=O) groups excluding carboxylic acids is 1. The van der Waals surface area contributed by atoms with Crippen LogP contribution in [0.4, 0.5) is 4.79 Å². The van der Waals surface area contributed by atoms with Crippen LogP contribution in [-0.4, -0.2) is 43.2 Å². The maximum Gasteiger partial charge on any atom is 0.317 e. The van der Waals surface area contributed by atoms with E-state index in [4.69, 9.17) is 0 Å².